The van der Waals surface area contributed by atoms with Crippen LogP contribution in [0.3, 0.4) is 0 Å². The van der Waals surface area contributed by atoms with Crippen molar-refractivity contribution >= 4 is 11.6 Å². The summed E-state index contributed by atoms with van der Waals surface area (Å²) in [5.74, 6) is 2.46. The number of hydrogen-bond donors (Lipinski definition) is 0. The molecule has 0 saturated heterocycles. The van der Waals surface area contributed by atoms with Crippen molar-refractivity contribution in [2.75, 3.05) is 0 Å². The van der Waals surface area contributed by atoms with E-state index in [0.717, 1.165) is 11.1 Å². The highest BCUT2D eigenvalue weighted by molar-refractivity contribution is 6.09. The molecule has 0 amide bonds. The van der Waals surface area contributed by atoms with Crippen LogP contribution in [0.5, 0.6) is 23.0 Å². The number of carbonyl (C=O) groups excluding carboxylic acids is 2. The van der Waals surface area contributed by atoms with Gasteiger partial charge in [0.05, 0.1) is 0 Å². The molecular weight excluding hydrogens is 520 g/mol. The number of rotatable bonds is 9. The van der Waals surface area contributed by atoms with Crippen molar-refractivity contribution in [2.24, 2.45) is 0 Å². The minimum atomic E-state index is -0.0360. The fraction of sp³-hybridized carbons (Fsp3) is 0. The van der Waals surface area contributed by atoms with Crippen molar-refractivity contribution in [1.29, 1.82) is 0 Å². The van der Waals surface area contributed by atoms with Crippen LogP contribution in [0, 0.1) is 0 Å². The van der Waals surface area contributed by atoms with Gasteiger partial charge in [-0.1, -0.05) is 97.1 Å². The summed E-state index contributed by atoms with van der Waals surface area (Å²) in [5, 5.41) is 0. The maximum Gasteiger partial charge on any atom is 0.193 e. The molecule has 0 bridgehead atoms. The lowest BCUT2D eigenvalue weighted by Crippen LogP contribution is -2.00. The lowest BCUT2D eigenvalue weighted by Gasteiger charge is -2.15. The SMILES string of the molecule is O=C(c1ccccc1)c1ccc(Oc2ccccc2-c2ccccc2Oc2ccc(C(=O)c3ccccc3)cc2)cc1. The molecule has 4 nitrogen and oxygen atoms in total. The van der Waals surface area contributed by atoms with E-state index in [4.69, 9.17) is 9.47 Å². The Labute approximate surface area is 244 Å². The Morgan fingerprint density at radius 1 is 0.333 bits per heavy atom. The molecule has 6 aromatic carbocycles. The summed E-state index contributed by atoms with van der Waals surface area (Å²) in [6.07, 6.45) is 0. The van der Waals surface area contributed by atoms with Crippen LogP contribution in [-0.4, -0.2) is 11.6 Å². The van der Waals surface area contributed by atoms with Gasteiger partial charge in [0.25, 0.3) is 0 Å². The Morgan fingerprint density at radius 2 is 0.643 bits per heavy atom. The van der Waals surface area contributed by atoms with Crippen LogP contribution in [0.25, 0.3) is 11.1 Å². The Balaban J connectivity index is 1.22. The molecule has 0 atom stereocenters. The van der Waals surface area contributed by atoms with Crippen molar-refractivity contribution in [3.8, 4) is 34.1 Å². The molecule has 0 heterocycles. The van der Waals surface area contributed by atoms with Gasteiger partial charge in [0.15, 0.2) is 11.6 Å². The average molecular weight is 547 g/mol. The summed E-state index contributed by atoms with van der Waals surface area (Å²) in [6.45, 7) is 0. The van der Waals surface area contributed by atoms with Crippen molar-refractivity contribution in [1.82, 2.24) is 0 Å². The highest BCUT2D eigenvalue weighted by Gasteiger charge is 2.15. The van der Waals surface area contributed by atoms with Crippen LogP contribution >= 0.6 is 0 Å². The second-order valence-corrected chi connectivity index (χ2v) is 9.64. The first-order chi connectivity index (χ1) is 20.7. The second-order valence-electron chi connectivity index (χ2n) is 9.64. The first-order valence-electron chi connectivity index (χ1n) is 13.6. The molecule has 0 aliphatic carbocycles. The maximum absolute atomic E-state index is 12.8. The summed E-state index contributed by atoms with van der Waals surface area (Å²) in [4.78, 5) is 25.6. The molecule has 0 saturated carbocycles. The van der Waals surface area contributed by atoms with E-state index in [1.54, 1.807) is 72.8 Å². The number of hydrogen-bond acceptors (Lipinski definition) is 4. The number of para-hydroxylation sites is 2. The van der Waals surface area contributed by atoms with Gasteiger partial charge in [0.1, 0.15) is 23.0 Å². The Kier molecular flexibility index (Phi) is 7.69. The first kappa shape index (κ1) is 26.5. The van der Waals surface area contributed by atoms with Crippen LogP contribution in [0.1, 0.15) is 31.8 Å². The molecule has 0 aliphatic rings. The molecular formula is C38H26O4. The van der Waals surface area contributed by atoms with E-state index in [1.807, 2.05) is 84.9 Å². The van der Waals surface area contributed by atoms with Gasteiger partial charge < -0.3 is 9.47 Å². The molecule has 0 spiro atoms. The zero-order valence-electron chi connectivity index (χ0n) is 22.6. The van der Waals surface area contributed by atoms with Crippen LogP contribution in [0.2, 0.25) is 0 Å². The normalized spacial score (nSPS) is 10.6. The highest BCUT2D eigenvalue weighted by atomic mass is 16.5. The lowest BCUT2D eigenvalue weighted by atomic mass is 10.0. The van der Waals surface area contributed by atoms with Gasteiger partial charge in [0, 0.05) is 33.4 Å². The van der Waals surface area contributed by atoms with Crippen LogP contribution in [-0.2, 0) is 0 Å². The Morgan fingerprint density at radius 3 is 1.02 bits per heavy atom. The zero-order chi connectivity index (χ0) is 28.7. The molecule has 42 heavy (non-hydrogen) atoms. The highest BCUT2D eigenvalue weighted by Crippen LogP contribution is 2.40. The molecule has 0 unspecified atom stereocenters. The predicted octanol–water partition coefficient (Wildman–Crippen LogP) is 9.40. The molecule has 6 aromatic rings. The van der Waals surface area contributed by atoms with E-state index in [-0.39, 0.29) is 11.6 Å². The van der Waals surface area contributed by atoms with Crippen LogP contribution in [0.15, 0.2) is 158 Å². The third-order valence-corrected chi connectivity index (χ3v) is 6.82. The third kappa shape index (κ3) is 5.88. The van der Waals surface area contributed by atoms with E-state index in [1.165, 1.54) is 0 Å². The smallest absolute Gasteiger partial charge is 0.193 e. The number of ether oxygens (including phenoxy) is 2. The topological polar surface area (TPSA) is 52.6 Å². The van der Waals surface area contributed by atoms with Gasteiger partial charge in [-0.25, -0.2) is 0 Å². The van der Waals surface area contributed by atoms with Gasteiger partial charge in [-0.3, -0.25) is 9.59 Å². The average Bonchev–Trinajstić information content (AvgIpc) is 3.06. The van der Waals surface area contributed by atoms with Crippen molar-refractivity contribution < 1.29 is 19.1 Å². The number of carbonyl (C=O) groups is 2. The molecule has 0 fully saturated rings. The summed E-state index contributed by atoms with van der Waals surface area (Å²) >= 11 is 0. The van der Waals surface area contributed by atoms with Gasteiger partial charge in [-0.2, -0.15) is 0 Å². The zero-order valence-corrected chi connectivity index (χ0v) is 22.6. The molecule has 6 rings (SSSR count). The third-order valence-electron chi connectivity index (χ3n) is 6.82. The Hall–Kier alpha value is -5.74. The van der Waals surface area contributed by atoms with Gasteiger partial charge in [-0.05, 0) is 60.7 Å². The monoisotopic (exact) mass is 546 g/mol. The van der Waals surface area contributed by atoms with E-state index in [9.17, 15) is 9.59 Å². The first-order valence-corrected chi connectivity index (χ1v) is 13.6. The Bertz CT molecular complexity index is 1690. The molecule has 4 heteroatoms. The van der Waals surface area contributed by atoms with Crippen LogP contribution < -0.4 is 9.47 Å². The van der Waals surface area contributed by atoms with Crippen LogP contribution in [0.4, 0.5) is 0 Å². The van der Waals surface area contributed by atoms with Crippen molar-refractivity contribution in [2.45, 2.75) is 0 Å². The molecule has 0 radical (unpaired) electrons. The summed E-state index contributed by atoms with van der Waals surface area (Å²) in [6, 6.07) is 48.2. The largest absolute Gasteiger partial charge is 0.457 e. The van der Waals surface area contributed by atoms with Crippen molar-refractivity contribution in [3.63, 3.8) is 0 Å². The standard InChI is InChI=1S/C38H26O4/c39-37(27-11-3-1-4-12-27)29-19-23-31(24-20-29)41-35-17-9-7-15-33(35)34-16-8-10-18-36(34)42-32-25-21-30(22-26-32)38(40)28-13-5-2-6-14-28/h1-26H. The molecule has 202 valence electrons. The molecule has 0 aromatic heterocycles. The molecule has 0 N–H and O–H groups in total. The van der Waals surface area contributed by atoms with E-state index < -0.39 is 0 Å². The van der Waals surface area contributed by atoms with Crippen molar-refractivity contribution in [3.05, 3.63) is 180 Å². The molecule has 0 aliphatic heterocycles. The van der Waals surface area contributed by atoms with Gasteiger partial charge >= 0.3 is 0 Å². The van der Waals surface area contributed by atoms with Gasteiger partial charge in [0.2, 0.25) is 0 Å². The maximum atomic E-state index is 12.8. The number of benzene rings is 6. The van der Waals surface area contributed by atoms with E-state index >= 15 is 0 Å². The van der Waals surface area contributed by atoms with Gasteiger partial charge in [-0.15, -0.1) is 0 Å². The quantitative estimate of drug-likeness (QED) is 0.170. The summed E-state index contributed by atoms with van der Waals surface area (Å²) < 4.78 is 12.6. The number of ketones is 2. The minimum Gasteiger partial charge on any atom is -0.457 e. The summed E-state index contributed by atoms with van der Waals surface area (Å²) in [5.41, 5.74) is 4.19. The predicted molar refractivity (Wildman–Crippen MR) is 165 cm³/mol. The fourth-order valence-corrected chi connectivity index (χ4v) is 4.67. The summed E-state index contributed by atoms with van der Waals surface area (Å²) in [7, 11) is 0. The lowest BCUT2D eigenvalue weighted by molar-refractivity contribution is 0.103. The van der Waals surface area contributed by atoms with E-state index in [0.29, 0.717) is 45.3 Å². The fourth-order valence-electron chi connectivity index (χ4n) is 4.67. The second kappa shape index (κ2) is 12.2. The minimum absolute atomic E-state index is 0.0360. The van der Waals surface area contributed by atoms with E-state index in [2.05, 4.69) is 0 Å².